The van der Waals surface area contributed by atoms with Crippen molar-refractivity contribution in [1.82, 2.24) is 20.3 Å². The molecule has 0 saturated carbocycles. The highest BCUT2D eigenvalue weighted by atomic mass is 16.5. The molecule has 110 valence electrons. The third-order valence-corrected chi connectivity index (χ3v) is 3.17. The van der Waals surface area contributed by atoms with Crippen molar-refractivity contribution in [3.8, 4) is 11.8 Å². The molecule has 0 fully saturated rings. The van der Waals surface area contributed by atoms with Gasteiger partial charge in [0.25, 0.3) is 0 Å². The van der Waals surface area contributed by atoms with E-state index < -0.39 is 0 Å². The van der Waals surface area contributed by atoms with E-state index in [1.807, 2.05) is 41.2 Å². The van der Waals surface area contributed by atoms with E-state index in [-0.39, 0.29) is 12.6 Å². The highest BCUT2D eigenvalue weighted by molar-refractivity contribution is 5.29. The Morgan fingerprint density at radius 1 is 1.38 bits per heavy atom. The van der Waals surface area contributed by atoms with Crippen LogP contribution in [0.1, 0.15) is 24.9 Å². The van der Waals surface area contributed by atoms with Gasteiger partial charge in [-0.15, -0.1) is 5.10 Å². The van der Waals surface area contributed by atoms with Crippen molar-refractivity contribution >= 4 is 0 Å². The first-order chi connectivity index (χ1) is 10.3. The molecule has 0 saturated heterocycles. The lowest BCUT2D eigenvalue weighted by Gasteiger charge is -2.14. The standard InChI is InChI=1S/C15H19N5O/c1-13(17-8-2-10-20-11-9-18-19-20)14-3-5-15(6-4-14)21-12-7-16/h3-6,9,11,13,17H,2,8,10,12H2,1H3. The van der Waals surface area contributed by atoms with E-state index in [1.54, 1.807) is 6.20 Å². The minimum absolute atomic E-state index is 0.0788. The fourth-order valence-electron chi connectivity index (χ4n) is 2.00. The van der Waals surface area contributed by atoms with Crippen molar-refractivity contribution in [2.75, 3.05) is 13.2 Å². The van der Waals surface area contributed by atoms with Crippen LogP contribution in [-0.4, -0.2) is 28.1 Å². The van der Waals surface area contributed by atoms with Gasteiger partial charge in [0.1, 0.15) is 11.8 Å². The van der Waals surface area contributed by atoms with Crippen molar-refractivity contribution in [1.29, 1.82) is 5.26 Å². The van der Waals surface area contributed by atoms with Gasteiger partial charge in [0.2, 0.25) is 0 Å². The molecule has 2 aromatic rings. The lowest BCUT2D eigenvalue weighted by molar-refractivity contribution is 0.368. The van der Waals surface area contributed by atoms with Crippen LogP contribution in [0.2, 0.25) is 0 Å². The number of nitriles is 1. The molecule has 6 heteroatoms. The molecule has 0 aliphatic rings. The maximum atomic E-state index is 8.46. The van der Waals surface area contributed by atoms with Crippen molar-refractivity contribution in [3.05, 3.63) is 42.2 Å². The van der Waals surface area contributed by atoms with Crippen molar-refractivity contribution in [2.24, 2.45) is 0 Å². The molecular formula is C15H19N5O. The number of rotatable bonds is 8. The second kappa shape index (κ2) is 8.02. The number of nitrogens with zero attached hydrogens (tertiary/aromatic N) is 4. The molecule has 1 unspecified atom stereocenters. The molecule has 0 bridgehead atoms. The Balaban J connectivity index is 1.72. The number of ether oxygens (including phenoxy) is 1. The summed E-state index contributed by atoms with van der Waals surface area (Å²) in [5.41, 5.74) is 1.19. The Labute approximate surface area is 124 Å². The zero-order valence-corrected chi connectivity index (χ0v) is 12.1. The largest absolute Gasteiger partial charge is 0.479 e. The second-order valence-electron chi connectivity index (χ2n) is 4.71. The molecule has 1 atom stereocenters. The van der Waals surface area contributed by atoms with Crippen LogP contribution >= 0.6 is 0 Å². The summed E-state index contributed by atoms with van der Waals surface area (Å²) in [6, 6.07) is 10.0. The number of hydrogen-bond donors (Lipinski definition) is 1. The predicted octanol–water partition coefficient (Wildman–Crippen LogP) is 1.92. The van der Waals surface area contributed by atoms with E-state index in [9.17, 15) is 0 Å². The first-order valence-electron chi connectivity index (χ1n) is 6.97. The van der Waals surface area contributed by atoms with Gasteiger partial charge in [0, 0.05) is 18.8 Å². The fraction of sp³-hybridized carbons (Fsp3) is 0.400. The van der Waals surface area contributed by atoms with Crippen LogP contribution in [-0.2, 0) is 6.54 Å². The SMILES string of the molecule is CC(NCCCn1ccnn1)c1ccc(OCC#N)cc1. The summed E-state index contributed by atoms with van der Waals surface area (Å²) < 4.78 is 7.06. The van der Waals surface area contributed by atoms with Gasteiger partial charge in [-0.1, -0.05) is 17.3 Å². The van der Waals surface area contributed by atoms with E-state index in [0.717, 1.165) is 25.3 Å². The highest BCUT2D eigenvalue weighted by Crippen LogP contribution is 2.17. The molecule has 0 aliphatic carbocycles. The number of aryl methyl sites for hydroxylation is 1. The van der Waals surface area contributed by atoms with Crippen LogP contribution in [0.3, 0.4) is 0 Å². The van der Waals surface area contributed by atoms with Gasteiger partial charge < -0.3 is 10.1 Å². The van der Waals surface area contributed by atoms with Gasteiger partial charge in [-0.3, -0.25) is 4.68 Å². The third-order valence-electron chi connectivity index (χ3n) is 3.17. The Morgan fingerprint density at radius 2 is 2.19 bits per heavy atom. The lowest BCUT2D eigenvalue weighted by Crippen LogP contribution is -2.21. The van der Waals surface area contributed by atoms with Gasteiger partial charge in [-0.2, -0.15) is 5.26 Å². The van der Waals surface area contributed by atoms with Gasteiger partial charge >= 0.3 is 0 Å². The van der Waals surface area contributed by atoms with Gasteiger partial charge in [0.15, 0.2) is 6.61 Å². The smallest absolute Gasteiger partial charge is 0.174 e. The van der Waals surface area contributed by atoms with E-state index >= 15 is 0 Å². The average molecular weight is 285 g/mol. The monoisotopic (exact) mass is 285 g/mol. The Kier molecular flexibility index (Phi) is 5.73. The Morgan fingerprint density at radius 3 is 2.86 bits per heavy atom. The van der Waals surface area contributed by atoms with Crippen LogP contribution in [0.15, 0.2) is 36.7 Å². The first kappa shape index (κ1) is 15.0. The van der Waals surface area contributed by atoms with Crippen molar-refractivity contribution in [2.45, 2.75) is 25.9 Å². The van der Waals surface area contributed by atoms with E-state index in [1.165, 1.54) is 5.56 Å². The topological polar surface area (TPSA) is 75.8 Å². The number of benzene rings is 1. The fourth-order valence-corrected chi connectivity index (χ4v) is 2.00. The first-order valence-corrected chi connectivity index (χ1v) is 6.97. The molecule has 1 N–H and O–H groups in total. The summed E-state index contributed by atoms with van der Waals surface area (Å²) in [6.45, 7) is 3.98. The molecule has 0 amide bonds. The number of nitrogens with one attached hydrogen (secondary N) is 1. The molecule has 2 rings (SSSR count). The van der Waals surface area contributed by atoms with Crippen LogP contribution in [0, 0.1) is 11.3 Å². The molecule has 1 aromatic carbocycles. The normalized spacial score (nSPS) is 11.8. The van der Waals surface area contributed by atoms with E-state index in [4.69, 9.17) is 10.00 Å². The summed E-state index contributed by atoms with van der Waals surface area (Å²) in [5.74, 6) is 0.721. The Hall–Kier alpha value is -2.39. The summed E-state index contributed by atoms with van der Waals surface area (Å²) in [7, 11) is 0. The van der Waals surface area contributed by atoms with E-state index in [0.29, 0.717) is 0 Å². The summed E-state index contributed by atoms with van der Waals surface area (Å²) >= 11 is 0. The molecule has 1 heterocycles. The average Bonchev–Trinajstić information content (AvgIpc) is 3.03. The lowest BCUT2D eigenvalue weighted by atomic mass is 10.1. The van der Waals surface area contributed by atoms with Crippen LogP contribution in [0.4, 0.5) is 0 Å². The maximum absolute atomic E-state index is 8.46. The molecular weight excluding hydrogens is 266 g/mol. The van der Waals surface area contributed by atoms with Crippen molar-refractivity contribution in [3.63, 3.8) is 0 Å². The van der Waals surface area contributed by atoms with Crippen LogP contribution in [0.25, 0.3) is 0 Å². The minimum Gasteiger partial charge on any atom is -0.479 e. The zero-order valence-electron chi connectivity index (χ0n) is 12.1. The van der Waals surface area contributed by atoms with E-state index in [2.05, 4.69) is 22.6 Å². The van der Waals surface area contributed by atoms with Crippen LogP contribution in [0.5, 0.6) is 5.75 Å². The summed E-state index contributed by atoms with van der Waals surface area (Å²) in [6.07, 6.45) is 4.55. The molecule has 0 radical (unpaired) electrons. The number of aromatic nitrogens is 3. The molecule has 6 nitrogen and oxygen atoms in total. The summed E-state index contributed by atoms with van der Waals surface area (Å²) in [5, 5.41) is 19.6. The molecule has 0 spiro atoms. The van der Waals surface area contributed by atoms with Crippen LogP contribution < -0.4 is 10.1 Å². The summed E-state index contributed by atoms with van der Waals surface area (Å²) in [4.78, 5) is 0. The predicted molar refractivity (Wildman–Crippen MR) is 78.6 cm³/mol. The highest BCUT2D eigenvalue weighted by Gasteiger charge is 2.04. The van der Waals surface area contributed by atoms with Gasteiger partial charge in [0.05, 0.1) is 6.20 Å². The second-order valence-corrected chi connectivity index (χ2v) is 4.71. The number of hydrogen-bond acceptors (Lipinski definition) is 5. The minimum atomic E-state index is 0.0788. The van der Waals surface area contributed by atoms with Gasteiger partial charge in [-0.05, 0) is 37.6 Å². The Bertz CT molecular complexity index is 559. The molecule has 21 heavy (non-hydrogen) atoms. The van der Waals surface area contributed by atoms with Gasteiger partial charge in [-0.25, -0.2) is 0 Å². The molecule has 0 aliphatic heterocycles. The zero-order chi connectivity index (χ0) is 14.9. The quantitative estimate of drug-likeness (QED) is 0.750. The van der Waals surface area contributed by atoms with Crippen molar-refractivity contribution < 1.29 is 4.74 Å². The molecule has 1 aromatic heterocycles. The third kappa shape index (κ3) is 4.89. The maximum Gasteiger partial charge on any atom is 0.174 e.